The van der Waals surface area contributed by atoms with Crippen LogP contribution in [0.1, 0.15) is 0 Å². The van der Waals surface area contributed by atoms with E-state index in [1.807, 2.05) is 60.7 Å². The maximum absolute atomic E-state index is 4.44. The first-order valence-electron chi connectivity index (χ1n) is 6.98. The molecule has 0 saturated carbocycles. The summed E-state index contributed by atoms with van der Waals surface area (Å²) in [6.07, 6.45) is 1.54. The van der Waals surface area contributed by atoms with Gasteiger partial charge in [-0.05, 0) is 12.1 Å². The van der Waals surface area contributed by atoms with E-state index in [0.717, 1.165) is 28.1 Å². The van der Waals surface area contributed by atoms with Crippen molar-refractivity contribution in [2.75, 3.05) is 5.32 Å². The van der Waals surface area contributed by atoms with Crippen LogP contribution in [0, 0.1) is 0 Å². The number of H-pyrrole nitrogens is 1. The van der Waals surface area contributed by atoms with Crippen LogP contribution in [0.5, 0.6) is 0 Å². The normalized spacial score (nSPS) is 10.7. The monoisotopic (exact) mass is 287 g/mol. The van der Waals surface area contributed by atoms with E-state index >= 15 is 0 Å². The van der Waals surface area contributed by atoms with Crippen LogP contribution in [-0.2, 0) is 0 Å². The van der Waals surface area contributed by atoms with Gasteiger partial charge in [0, 0.05) is 11.3 Å². The SMILES string of the molecule is c1ccc(Nc2[nH]nc3ncnc(-c4ccccc4)c23)cc1. The van der Waals surface area contributed by atoms with Gasteiger partial charge in [0.2, 0.25) is 0 Å². The lowest BCUT2D eigenvalue weighted by atomic mass is 10.1. The Kier molecular flexibility index (Phi) is 3.01. The maximum atomic E-state index is 4.44. The molecule has 4 aromatic rings. The van der Waals surface area contributed by atoms with Crippen molar-refractivity contribution in [3.63, 3.8) is 0 Å². The van der Waals surface area contributed by atoms with Crippen molar-refractivity contribution in [1.82, 2.24) is 20.2 Å². The number of para-hydroxylation sites is 1. The summed E-state index contributed by atoms with van der Waals surface area (Å²) in [5, 5.41) is 11.5. The highest BCUT2D eigenvalue weighted by Gasteiger charge is 2.13. The van der Waals surface area contributed by atoms with Crippen LogP contribution in [0.25, 0.3) is 22.3 Å². The van der Waals surface area contributed by atoms with Crippen molar-refractivity contribution < 1.29 is 0 Å². The molecule has 0 bridgehead atoms. The molecule has 2 aromatic carbocycles. The third-order valence-corrected chi connectivity index (χ3v) is 3.44. The Labute approximate surface area is 127 Å². The first-order chi connectivity index (χ1) is 10.9. The highest BCUT2D eigenvalue weighted by Crippen LogP contribution is 2.30. The van der Waals surface area contributed by atoms with Gasteiger partial charge < -0.3 is 5.32 Å². The molecular formula is C17H13N5. The van der Waals surface area contributed by atoms with Crippen LogP contribution >= 0.6 is 0 Å². The van der Waals surface area contributed by atoms with Crippen molar-refractivity contribution >= 4 is 22.5 Å². The van der Waals surface area contributed by atoms with E-state index in [-0.39, 0.29) is 0 Å². The molecule has 22 heavy (non-hydrogen) atoms. The lowest BCUT2D eigenvalue weighted by Gasteiger charge is -2.06. The number of aromatic nitrogens is 4. The zero-order valence-electron chi connectivity index (χ0n) is 11.7. The zero-order valence-corrected chi connectivity index (χ0v) is 11.7. The second-order valence-corrected chi connectivity index (χ2v) is 4.88. The summed E-state index contributed by atoms with van der Waals surface area (Å²) in [5.74, 6) is 0.792. The van der Waals surface area contributed by atoms with Gasteiger partial charge in [0.05, 0.1) is 11.1 Å². The van der Waals surface area contributed by atoms with E-state index in [0.29, 0.717) is 5.65 Å². The number of aromatic amines is 1. The van der Waals surface area contributed by atoms with Crippen molar-refractivity contribution in [2.45, 2.75) is 0 Å². The van der Waals surface area contributed by atoms with E-state index in [2.05, 4.69) is 25.5 Å². The maximum Gasteiger partial charge on any atom is 0.186 e. The predicted molar refractivity (Wildman–Crippen MR) is 86.8 cm³/mol. The van der Waals surface area contributed by atoms with E-state index in [1.165, 1.54) is 6.33 Å². The fourth-order valence-corrected chi connectivity index (χ4v) is 2.43. The molecule has 5 heteroatoms. The molecular weight excluding hydrogens is 274 g/mol. The van der Waals surface area contributed by atoms with Crippen molar-refractivity contribution in [3.05, 3.63) is 67.0 Å². The third-order valence-electron chi connectivity index (χ3n) is 3.44. The smallest absolute Gasteiger partial charge is 0.186 e. The summed E-state index contributed by atoms with van der Waals surface area (Å²) in [5.41, 5.74) is 3.52. The van der Waals surface area contributed by atoms with E-state index < -0.39 is 0 Å². The molecule has 5 nitrogen and oxygen atoms in total. The van der Waals surface area contributed by atoms with Gasteiger partial charge in [-0.3, -0.25) is 5.10 Å². The van der Waals surface area contributed by atoms with Crippen LogP contribution < -0.4 is 5.32 Å². The van der Waals surface area contributed by atoms with Crippen molar-refractivity contribution in [2.24, 2.45) is 0 Å². The molecule has 0 aliphatic heterocycles. The second kappa shape index (κ2) is 5.29. The minimum Gasteiger partial charge on any atom is -0.340 e. The summed E-state index contributed by atoms with van der Waals surface area (Å²) in [4.78, 5) is 8.68. The number of rotatable bonds is 3. The number of anilines is 2. The Morgan fingerprint density at radius 2 is 1.55 bits per heavy atom. The summed E-state index contributed by atoms with van der Waals surface area (Å²) >= 11 is 0. The zero-order chi connectivity index (χ0) is 14.8. The van der Waals surface area contributed by atoms with Gasteiger partial charge in [-0.15, -0.1) is 0 Å². The molecule has 2 heterocycles. The molecule has 4 rings (SSSR count). The standard InChI is InChI=1S/C17H13N5/c1-3-7-12(8-4-1)15-14-16(19-11-18-15)21-22-17(14)20-13-9-5-2-6-10-13/h1-11H,(H2,18,19,20,21,22). The highest BCUT2D eigenvalue weighted by atomic mass is 15.2. The summed E-state index contributed by atoms with van der Waals surface area (Å²) in [6, 6.07) is 20.0. The fraction of sp³-hybridized carbons (Fsp3) is 0. The molecule has 0 spiro atoms. The van der Waals surface area contributed by atoms with Gasteiger partial charge in [0.25, 0.3) is 0 Å². The van der Waals surface area contributed by atoms with Gasteiger partial charge in [0.15, 0.2) is 5.65 Å². The number of nitrogens with zero attached hydrogens (tertiary/aromatic N) is 3. The third kappa shape index (κ3) is 2.18. The van der Waals surface area contributed by atoms with Gasteiger partial charge in [-0.2, -0.15) is 5.10 Å². The fourth-order valence-electron chi connectivity index (χ4n) is 2.43. The van der Waals surface area contributed by atoms with Crippen molar-refractivity contribution in [1.29, 1.82) is 0 Å². The Morgan fingerprint density at radius 3 is 2.32 bits per heavy atom. The molecule has 2 N–H and O–H groups in total. The molecule has 0 aliphatic rings. The molecule has 0 unspecified atom stereocenters. The number of hydrogen-bond acceptors (Lipinski definition) is 4. The number of benzene rings is 2. The van der Waals surface area contributed by atoms with Gasteiger partial charge in [-0.25, -0.2) is 9.97 Å². The van der Waals surface area contributed by atoms with Gasteiger partial charge in [0.1, 0.15) is 12.1 Å². The predicted octanol–water partition coefficient (Wildman–Crippen LogP) is 3.76. The number of hydrogen-bond donors (Lipinski definition) is 2. The second-order valence-electron chi connectivity index (χ2n) is 4.88. The molecule has 0 saturated heterocycles. The van der Waals surface area contributed by atoms with Crippen molar-refractivity contribution in [3.8, 4) is 11.3 Å². The molecule has 0 radical (unpaired) electrons. The van der Waals surface area contributed by atoms with Crippen LogP contribution in [0.4, 0.5) is 11.5 Å². The van der Waals surface area contributed by atoms with Gasteiger partial charge in [-0.1, -0.05) is 48.5 Å². The molecule has 0 fully saturated rings. The average Bonchev–Trinajstić information content (AvgIpc) is 3.00. The first kappa shape index (κ1) is 12.5. The van der Waals surface area contributed by atoms with Crippen LogP contribution in [0.15, 0.2) is 67.0 Å². The lowest BCUT2D eigenvalue weighted by molar-refractivity contribution is 1.09. The quantitative estimate of drug-likeness (QED) is 0.602. The summed E-state index contributed by atoms with van der Waals surface area (Å²) in [6.45, 7) is 0. The molecule has 0 atom stereocenters. The number of nitrogens with one attached hydrogen (secondary N) is 2. The minimum atomic E-state index is 0.646. The van der Waals surface area contributed by atoms with E-state index in [4.69, 9.17) is 0 Å². The summed E-state index contributed by atoms with van der Waals surface area (Å²) in [7, 11) is 0. The van der Waals surface area contributed by atoms with Crippen LogP contribution in [-0.4, -0.2) is 20.2 Å². The first-order valence-corrected chi connectivity index (χ1v) is 6.98. The lowest BCUT2D eigenvalue weighted by Crippen LogP contribution is -1.93. The minimum absolute atomic E-state index is 0.646. The largest absolute Gasteiger partial charge is 0.340 e. The van der Waals surface area contributed by atoms with Gasteiger partial charge >= 0.3 is 0 Å². The van der Waals surface area contributed by atoms with Crippen LogP contribution in [0.2, 0.25) is 0 Å². The Bertz CT molecular complexity index is 900. The molecule has 0 amide bonds. The average molecular weight is 287 g/mol. The Balaban J connectivity index is 1.87. The molecule has 0 aliphatic carbocycles. The number of fused-ring (bicyclic) bond motifs is 1. The Morgan fingerprint density at radius 1 is 0.818 bits per heavy atom. The summed E-state index contributed by atoms with van der Waals surface area (Å²) < 4.78 is 0. The molecule has 2 aromatic heterocycles. The highest BCUT2D eigenvalue weighted by molar-refractivity contribution is 5.99. The van der Waals surface area contributed by atoms with Crippen LogP contribution in [0.3, 0.4) is 0 Å². The van der Waals surface area contributed by atoms with E-state index in [9.17, 15) is 0 Å². The Hall–Kier alpha value is -3.21. The molecule has 106 valence electrons. The topological polar surface area (TPSA) is 66.5 Å². The van der Waals surface area contributed by atoms with E-state index in [1.54, 1.807) is 0 Å².